The molecule has 1 aliphatic rings. The topological polar surface area (TPSA) is 122 Å². The molecule has 0 aliphatic carbocycles. The van der Waals surface area contributed by atoms with Crippen LogP contribution in [0.1, 0.15) is 12.8 Å². The Kier molecular flexibility index (Phi) is 6.28. The zero-order valence-corrected chi connectivity index (χ0v) is 14.4. The second-order valence-electron chi connectivity index (χ2n) is 5.48. The number of benzene rings is 1. The Balaban J connectivity index is 1.94. The molecule has 0 unspecified atom stereocenters. The van der Waals surface area contributed by atoms with Crippen LogP contribution in [0.3, 0.4) is 0 Å². The lowest BCUT2D eigenvalue weighted by atomic mass is 10.1. The molecule has 1 aromatic carbocycles. The Morgan fingerprint density at radius 1 is 1.15 bits per heavy atom. The largest absolute Gasteiger partial charge is 0.573 e. The van der Waals surface area contributed by atoms with Gasteiger partial charge in [0.15, 0.2) is 0 Å². The van der Waals surface area contributed by atoms with E-state index in [4.69, 9.17) is 9.94 Å². The van der Waals surface area contributed by atoms with E-state index in [1.54, 1.807) is 5.48 Å². The summed E-state index contributed by atoms with van der Waals surface area (Å²) in [6.07, 6.45) is -5.07. The zero-order valence-electron chi connectivity index (χ0n) is 13.6. The lowest BCUT2D eigenvalue weighted by Crippen LogP contribution is -2.43. The molecule has 1 fully saturated rings. The number of rotatable bonds is 5. The number of alkyl halides is 3. The second-order valence-corrected chi connectivity index (χ2v) is 7.41. The Bertz CT molecular complexity index is 788. The predicted molar refractivity (Wildman–Crippen MR) is 81.8 cm³/mol. The van der Waals surface area contributed by atoms with Crippen molar-refractivity contribution < 1.29 is 45.9 Å². The lowest BCUT2D eigenvalue weighted by molar-refractivity contribution is -0.274. The van der Waals surface area contributed by atoms with Crippen LogP contribution in [0.2, 0.25) is 0 Å². The number of nitrogens with one attached hydrogen (secondary N) is 1. The maximum atomic E-state index is 12.5. The van der Waals surface area contributed by atoms with E-state index in [2.05, 4.69) is 4.74 Å². The van der Waals surface area contributed by atoms with E-state index in [0.717, 1.165) is 28.6 Å². The van der Waals surface area contributed by atoms with Gasteiger partial charge in [0.25, 0.3) is 0 Å². The summed E-state index contributed by atoms with van der Waals surface area (Å²) in [6, 6.07) is 3.81. The molecule has 0 atom stereocenters. The summed E-state index contributed by atoms with van der Waals surface area (Å²) in [7, 11) is -3.93. The van der Waals surface area contributed by atoms with Gasteiger partial charge >= 0.3 is 18.2 Å². The van der Waals surface area contributed by atoms with E-state index < -0.39 is 40.1 Å². The number of carbonyl (C=O) groups excluding carboxylic acids is 1. The van der Waals surface area contributed by atoms with Crippen LogP contribution in [-0.2, 0) is 24.4 Å². The smallest absolute Gasteiger partial charge is 0.474 e. The number of halogens is 3. The zero-order chi connectivity index (χ0) is 20.2. The molecule has 0 saturated carbocycles. The number of carbonyl (C=O) groups is 2. The predicted octanol–water partition coefficient (Wildman–Crippen LogP) is 0.871. The molecule has 2 rings (SSSR count). The molecule has 150 valence electrons. The van der Waals surface area contributed by atoms with Crippen LogP contribution in [0.25, 0.3) is 0 Å². The molecule has 2 N–H and O–H groups in total. The van der Waals surface area contributed by atoms with Crippen LogP contribution in [0.5, 0.6) is 5.75 Å². The summed E-state index contributed by atoms with van der Waals surface area (Å²) >= 11 is 0. The number of piperidine rings is 1. The van der Waals surface area contributed by atoms with Gasteiger partial charge in [0.05, 0.1) is 11.0 Å². The molecule has 27 heavy (non-hydrogen) atoms. The van der Waals surface area contributed by atoms with Gasteiger partial charge in [0.1, 0.15) is 5.75 Å². The summed E-state index contributed by atoms with van der Waals surface area (Å²) in [5.41, 5.74) is 1.75. The molecule has 9 nitrogen and oxygen atoms in total. The standard InChI is InChI=1S/C14H15F3N2O7S/c15-14(16,17)25-9-1-3-11(4-2-9)27(23,24)19-7-5-10(6-8-19)26-18-12(20)13(21)22/h1-4,10H,5-8H2,(H,18,20)(H,21,22). The van der Waals surface area contributed by atoms with Gasteiger partial charge in [0, 0.05) is 13.1 Å². The fraction of sp³-hybridized carbons (Fsp3) is 0.429. The third kappa shape index (κ3) is 5.80. The molecule has 1 amide bonds. The van der Waals surface area contributed by atoms with Crippen molar-refractivity contribution in [2.45, 2.75) is 30.2 Å². The minimum atomic E-state index is -4.88. The molecule has 0 aromatic heterocycles. The Morgan fingerprint density at radius 3 is 2.19 bits per heavy atom. The Labute approximate surface area is 151 Å². The Hall–Kier alpha value is -2.38. The third-order valence-corrected chi connectivity index (χ3v) is 5.52. The SMILES string of the molecule is O=C(O)C(=O)NOC1CCN(S(=O)(=O)c2ccc(OC(F)(F)F)cc2)CC1. The number of hydroxylamine groups is 1. The summed E-state index contributed by atoms with van der Waals surface area (Å²) < 4.78 is 66.3. The number of aliphatic carboxylic acids is 1. The van der Waals surface area contributed by atoms with Crippen molar-refractivity contribution in [1.29, 1.82) is 0 Å². The monoisotopic (exact) mass is 412 g/mol. The normalized spacial score (nSPS) is 16.7. The van der Waals surface area contributed by atoms with Crippen molar-refractivity contribution >= 4 is 21.9 Å². The van der Waals surface area contributed by atoms with Crippen molar-refractivity contribution in [1.82, 2.24) is 9.79 Å². The Morgan fingerprint density at radius 2 is 1.70 bits per heavy atom. The number of carboxylic acids is 1. The van der Waals surface area contributed by atoms with E-state index in [-0.39, 0.29) is 30.8 Å². The number of hydrogen-bond acceptors (Lipinski definition) is 6. The van der Waals surface area contributed by atoms with Crippen molar-refractivity contribution in [2.75, 3.05) is 13.1 Å². The average Bonchev–Trinajstić information content (AvgIpc) is 2.59. The van der Waals surface area contributed by atoms with Gasteiger partial charge in [-0.15, -0.1) is 13.2 Å². The van der Waals surface area contributed by atoms with Gasteiger partial charge in [-0.3, -0.25) is 9.63 Å². The molecular formula is C14H15F3N2O7S. The van der Waals surface area contributed by atoms with Crippen molar-refractivity contribution in [3.63, 3.8) is 0 Å². The second kappa shape index (κ2) is 8.10. The van der Waals surface area contributed by atoms with Gasteiger partial charge < -0.3 is 9.84 Å². The number of amides is 1. The minimum Gasteiger partial charge on any atom is -0.474 e. The van der Waals surface area contributed by atoms with E-state index in [1.165, 1.54) is 0 Å². The first kappa shape index (κ1) is 20.9. The number of carboxylic acid groups (broad SMARTS) is 1. The first-order valence-corrected chi connectivity index (χ1v) is 8.98. The average molecular weight is 412 g/mol. The van der Waals surface area contributed by atoms with Gasteiger partial charge in [0.2, 0.25) is 10.0 Å². The lowest BCUT2D eigenvalue weighted by Gasteiger charge is -2.30. The number of hydrogen-bond donors (Lipinski definition) is 2. The van der Waals surface area contributed by atoms with Crippen molar-refractivity contribution in [3.05, 3.63) is 24.3 Å². The summed E-state index contributed by atoms with van der Waals surface area (Å²) in [4.78, 5) is 26.0. The number of ether oxygens (including phenoxy) is 1. The van der Waals surface area contributed by atoms with Gasteiger partial charge in [-0.05, 0) is 37.1 Å². The molecular weight excluding hydrogens is 397 g/mol. The number of sulfonamides is 1. The fourth-order valence-electron chi connectivity index (χ4n) is 2.33. The van der Waals surface area contributed by atoms with Crippen LogP contribution in [0, 0.1) is 0 Å². The van der Waals surface area contributed by atoms with Gasteiger partial charge in [-0.25, -0.2) is 18.7 Å². The maximum Gasteiger partial charge on any atom is 0.573 e. The summed E-state index contributed by atoms with van der Waals surface area (Å²) in [5.74, 6) is -3.60. The highest BCUT2D eigenvalue weighted by Gasteiger charge is 2.32. The highest BCUT2D eigenvalue weighted by atomic mass is 32.2. The van der Waals surface area contributed by atoms with Crippen molar-refractivity contribution in [2.24, 2.45) is 0 Å². The fourth-order valence-corrected chi connectivity index (χ4v) is 3.80. The van der Waals surface area contributed by atoms with Crippen LogP contribution in [0.4, 0.5) is 13.2 Å². The van der Waals surface area contributed by atoms with E-state index in [1.807, 2.05) is 0 Å². The molecule has 1 saturated heterocycles. The highest BCUT2D eigenvalue weighted by Crippen LogP contribution is 2.26. The molecule has 0 radical (unpaired) electrons. The first-order chi connectivity index (χ1) is 12.5. The summed E-state index contributed by atoms with van der Waals surface area (Å²) in [5, 5.41) is 8.42. The van der Waals surface area contributed by atoms with E-state index in [0.29, 0.717) is 0 Å². The van der Waals surface area contributed by atoms with Crippen molar-refractivity contribution in [3.8, 4) is 5.75 Å². The van der Waals surface area contributed by atoms with Crippen LogP contribution in [-0.4, -0.2) is 55.3 Å². The molecule has 0 bridgehead atoms. The van der Waals surface area contributed by atoms with Gasteiger partial charge in [-0.1, -0.05) is 0 Å². The molecule has 1 aromatic rings. The molecule has 1 aliphatic heterocycles. The highest BCUT2D eigenvalue weighted by molar-refractivity contribution is 7.89. The van der Waals surface area contributed by atoms with Crippen LogP contribution < -0.4 is 10.2 Å². The van der Waals surface area contributed by atoms with Crippen LogP contribution in [0.15, 0.2) is 29.2 Å². The molecule has 13 heteroatoms. The number of nitrogens with zero attached hydrogens (tertiary/aromatic N) is 1. The van der Waals surface area contributed by atoms with E-state index >= 15 is 0 Å². The quantitative estimate of drug-likeness (QED) is 0.544. The third-order valence-electron chi connectivity index (χ3n) is 3.61. The first-order valence-electron chi connectivity index (χ1n) is 7.54. The van der Waals surface area contributed by atoms with E-state index in [9.17, 15) is 31.2 Å². The molecule has 0 spiro atoms. The summed E-state index contributed by atoms with van der Waals surface area (Å²) in [6.45, 7) is 0.0491. The maximum absolute atomic E-state index is 12.5. The molecule has 1 heterocycles. The van der Waals surface area contributed by atoms with Crippen LogP contribution >= 0.6 is 0 Å². The minimum absolute atomic E-state index is 0.0245. The van der Waals surface area contributed by atoms with Gasteiger partial charge in [-0.2, -0.15) is 4.31 Å².